The van der Waals surface area contributed by atoms with E-state index in [4.69, 9.17) is 4.98 Å². The van der Waals surface area contributed by atoms with E-state index in [0.29, 0.717) is 30.1 Å². The third kappa shape index (κ3) is 4.25. The fraction of sp³-hybridized carbons (Fsp3) is 0.542. The number of rotatable bonds is 5. The SMILES string of the molecule is CC(=O)Nc1nc2c(s1)CC1C(C)(CO)C(O)CCC1(C)C2CC(=O)Nc1cccc(O)c1. The van der Waals surface area contributed by atoms with Crippen LogP contribution >= 0.6 is 11.3 Å². The van der Waals surface area contributed by atoms with Gasteiger partial charge < -0.3 is 26.0 Å². The predicted molar refractivity (Wildman–Crippen MR) is 126 cm³/mol. The van der Waals surface area contributed by atoms with E-state index in [-0.39, 0.29) is 47.8 Å². The number of carbonyl (C=O) groups excluding carboxylic acids is 2. The average Bonchev–Trinajstić information content (AvgIpc) is 3.14. The molecular weight excluding hydrogens is 442 g/mol. The van der Waals surface area contributed by atoms with E-state index in [1.54, 1.807) is 12.1 Å². The van der Waals surface area contributed by atoms with E-state index in [2.05, 4.69) is 17.6 Å². The van der Waals surface area contributed by atoms with Gasteiger partial charge in [0.25, 0.3) is 0 Å². The predicted octanol–water partition coefficient (Wildman–Crippen LogP) is 3.25. The molecule has 2 aliphatic rings. The number of nitrogens with zero attached hydrogens (tertiary/aromatic N) is 1. The van der Waals surface area contributed by atoms with Crippen LogP contribution in [0.1, 0.15) is 56.5 Å². The van der Waals surface area contributed by atoms with E-state index in [9.17, 15) is 24.9 Å². The van der Waals surface area contributed by atoms with Gasteiger partial charge in [-0.25, -0.2) is 4.98 Å². The van der Waals surface area contributed by atoms with Crippen LogP contribution in [0, 0.1) is 16.7 Å². The van der Waals surface area contributed by atoms with E-state index in [0.717, 1.165) is 10.6 Å². The van der Waals surface area contributed by atoms with Crippen molar-refractivity contribution in [2.75, 3.05) is 17.2 Å². The number of carbonyl (C=O) groups is 2. The number of amides is 2. The number of fused-ring (bicyclic) bond motifs is 2. The molecule has 0 spiro atoms. The van der Waals surface area contributed by atoms with Crippen molar-refractivity contribution in [3.05, 3.63) is 34.8 Å². The van der Waals surface area contributed by atoms with Crippen LogP contribution in [0.25, 0.3) is 0 Å². The van der Waals surface area contributed by atoms with Crippen LogP contribution in [0.3, 0.4) is 0 Å². The Bertz CT molecular complexity index is 1070. The van der Waals surface area contributed by atoms with Gasteiger partial charge >= 0.3 is 0 Å². The highest BCUT2D eigenvalue weighted by Gasteiger charge is 2.59. The summed E-state index contributed by atoms with van der Waals surface area (Å²) in [6.45, 7) is 5.33. The molecule has 0 aliphatic heterocycles. The second-order valence-electron chi connectivity index (χ2n) is 9.84. The quantitative estimate of drug-likeness (QED) is 0.453. The summed E-state index contributed by atoms with van der Waals surface area (Å²) >= 11 is 1.40. The normalized spacial score (nSPS) is 30.8. The summed E-state index contributed by atoms with van der Waals surface area (Å²) in [5, 5.41) is 37.0. The van der Waals surface area contributed by atoms with Gasteiger partial charge in [-0.15, -0.1) is 11.3 Å². The van der Waals surface area contributed by atoms with Crippen LogP contribution < -0.4 is 10.6 Å². The summed E-state index contributed by atoms with van der Waals surface area (Å²) in [5.41, 5.74) is 0.240. The number of aliphatic hydroxyl groups excluding tert-OH is 2. The molecule has 1 aromatic carbocycles. The van der Waals surface area contributed by atoms with Gasteiger partial charge in [0.1, 0.15) is 5.75 Å². The maximum atomic E-state index is 13.1. The number of phenols is 1. The minimum Gasteiger partial charge on any atom is -0.508 e. The van der Waals surface area contributed by atoms with Gasteiger partial charge in [-0.1, -0.05) is 19.9 Å². The van der Waals surface area contributed by atoms with Gasteiger partial charge in [0, 0.05) is 41.3 Å². The summed E-state index contributed by atoms with van der Waals surface area (Å²) < 4.78 is 0. The van der Waals surface area contributed by atoms with Crippen molar-refractivity contribution in [2.45, 2.75) is 58.5 Å². The van der Waals surface area contributed by atoms with Crippen LogP contribution in [0.2, 0.25) is 0 Å². The number of aromatic nitrogens is 1. The Morgan fingerprint density at radius 3 is 2.70 bits per heavy atom. The molecule has 2 amide bonds. The Morgan fingerprint density at radius 2 is 2.03 bits per heavy atom. The van der Waals surface area contributed by atoms with Gasteiger partial charge in [-0.3, -0.25) is 9.59 Å². The third-order valence-electron chi connectivity index (χ3n) is 7.70. The molecule has 2 aromatic rings. The van der Waals surface area contributed by atoms with Crippen molar-refractivity contribution in [1.29, 1.82) is 0 Å². The van der Waals surface area contributed by atoms with Gasteiger partial charge in [-0.05, 0) is 42.7 Å². The lowest BCUT2D eigenvalue weighted by molar-refractivity contribution is -0.143. The molecule has 0 bridgehead atoms. The second-order valence-corrected chi connectivity index (χ2v) is 10.9. The van der Waals surface area contributed by atoms with E-state index in [1.807, 2.05) is 6.92 Å². The van der Waals surface area contributed by atoms with Crippen LogP contribution in [0.4, 0.5) is 10.8 Å². The zero-order chi connectivity index (χ0) is 24.0. The molecule has 1 aromatic heterocycles. The van der Waals surface area contributed by atoms with Crippen molar-refractivity contribution in [1.82, 2.24) is 4.98 Å². The number of aliphatic hydroxyl groups is 2. The van der Waals surface area contributed by atoms with Crippen molar-refractivity contribution in [3.8, 4) is 5.75 Å². The molecule has 5 unspecified atom stereocenters. The second kappa shape index (κ2) is 8.70. The highest BCUT2D eigenvalue weighted by Crippen LogP contribution is 2.62. The summed E-state index contributed by atoms with van der Waals surface area (Å²) in [4.78, 5) is 30.4. The first kappa shape index (κ1) is 23.7. The minimum atomic E-state index is -0.706. The smallest absolute Gasteiger partial charge is 0.225 e. The fourth-order valence-corrected chi connectivity index (χ4v) is 6.95. The highest BCUT2D eigenvalue weighted by atomic mass is 32.1. The van der Waals surface area contributed by atoms with Crippen molar-refractivity contribution >= 4 is 34.0 Å². The van der Waals surface area contributed by atoms with Crippen molar-refractivity contribution in [2.24, 2.45) is 16.7 Å². The molecule has 33 heavy (non-hydrogen) atoms. The molecule has 4 rings (SSSR count). The van der Waals surface area contributed by atoms with Gasteiger partial charge in [0.05, 0.1) is 18.4 Å². The summed E-state index contributed by atoms with van der Waals surface area (Å²) in [7, 11) is 0. The number of hydrogen-bond donors (Lipinski definition) is 5. The van der Waals surface area contributed by atoms with E-state index >= 15 is 0 Å². The molecule has 0 radical (unpaired) electrons. The number of nitrogens with one attached hydrogen (secondary N) is 2. The van der Waals surface area contributed by atoms with Gasteiger partial charge in [-0.2, -0.15) is 0 Å². The first-order chi connectivity index (χ1) is 15.6. The molecule has 5 atom stereocenters. The fourth-order valence-electron chi connectivity index (χ4n) is 5.83. The zero-order valence-electron chi connectivity index (χ0n) is 19.1. The number of aromatic hydroxyl groups is 1. The molecule has 1 saturated carbocycles. The average molecular weight is 474 g/mol. The number of hydrogen-bond acceptors (Lipinski definition) is 7. The first-order valence-corrected chi connectivity index (χ1v) is 12.0. The maximum absolute atomic E-state index is 13.1. The van der Waals surface area contributed by atoms with Crippen LogP contribution in [0.5, 0.6) is 5.75 Å². The lowest BCUT2D eigenvalue weighted by atomic mass is 9.47. The minimum absolute atomic E-state index is 0.0598. The molecule has 178 valence electrons. The molecule has 8 nitrogen and oxygen atoms in total. The lowest BCUT2D eigenvalue weighted by Gasteiger charge is -2.58. The highest BCUT2D eigenvalue weighted by molar-refractivity contribution is 7.15. The zero-order valence-corrected chi connectivity index (χ0v) is 19.9. The lowest BCUT2D eigenvalue weighted by Crippen LogP contribution is -2.57. The number of anilines is 2. The Kier molecular flexibility index (Phi) is 6.24. The summed E-state index contributed by atoms with van der Waals surface area (Å²) in [6.07, 6.45) is 1.39. The standard InChI is InChI=1S/C24H31N3O5S/c1-13(29)25-22-27-21-16(10-20(32)26-14-5-4-6-15(30)9-14)23(2)8-7-19(31)24(3,12-28)18(23)11-17(21)33-22/h4-6,9,16,18-19,28,30-31H,7-8,10-12H2,1-3H3,(H,26,32)(H,25,27,29). The Labute approximate surface area is 197 Å². The molecule has 9 heteroatoms. The topological polar surface area (TPSA) is 132 Å². The molecule has 2 aliphatic carbocycles. The molecule has 0 saturated heterocycles. The van der Waals surface area contributed by atoms with Crippen LogP contribution in [-0.4, -0.2) is 44.8 Å². The number of thiazole rings is 1. The summed E-state index contributed by atoms with van der Waals surface area (Å²) in [6, 6.07) is 6.41. The van der Waals surface area contributed by atoms with Crippen molar-refractivity contribution in [3.63, 3.8) is 0 Å². The van der Waals surface area contributed by atoms with Crippen molar-refractivity contribution < 1.29 is 24.9 Å². The third-order valence-corrected chi connectivity index (χ3v) is 8.70. The Hall–Kier alpha value is -2.49. The Morgan fingerprint density at radius 1 is 1.27 bits per heavy atom. The monoisotopic (exact) mass is 473 g/mol. The van der Waals surface area contributed by atoms with Gasteiger partial charge in [0.15, 0.2) is 5.13 Å². The Balaban J connectivity index is 1.71. The van der Waals surface area contributed by atoms with E-state index in [1.165, 1.54) is 30.4 Å². The van der Waals surface area contributed by atoms with Gasteiger partial charge in [0.2, 0.25) is 11.8 Å². The van der Waals surface area contributed by atoms with Crippen LogP contribution in [0.15, 0.2) is 24.3 Å². The summed E-state index contributed by atoms with van der Waals surface area (Å²) in [5.74, 6) is -0.654. The molecule has 1 fully saturated rings. The molecule has 1 heterocycles. The first-order valence-electron chi connectivity index (χ1n) is 11.2. The number of phenolic OH excluding ortho intramolecular Hbond substituents is 1. The molecular formula is C24H31N3O5S. The van der Waals surface area contributed by atoms with Crippen LogP contribution in [-0.2, 0) is 16.0 Å². The maximum Gasteiger partial charge on any atom is 0.225 e. The largest absolute Gasteiger partial charge is 0.508 e. The number of benzene rings is 1. The molecule has 5 N–H and O–H groups in total. The van der Waals surface area contributed by atoms with E-state index < -0.39 is 11.5 Å².